The van der Waals surface area contributed by atoms with Gasteiger partial charge in [-0.2, -0.15) is 0 Å². The zero-order valence-corrected chi connectivity index (χ0v) is 20.5. The number of carbonyl (C=O) groups excluding carboxylic acids is 1. The van der Waals surface area contributed by atoms with Crippen LogP contribution in [0.2, 0.25) is 10.0 Å². The van der Waals surface area contributed by atoms with Crippen molar-refractivity contribution in [3.8, 4) is 0 Å². The van der Waals surface area contributed by atoms with Crippen molar-refractivity contribution in [2.24, 2.45) is 0 Å². The van der Waals surface area contributed by atoms with Gasteiger partial charge in [0.2, 0.25) is 0 Å². The number of nitrogens with zero attached hydrogens (tertiary/aromatic N) is 2. The summed E-state index contributed by atoms with van der Waals surface area (Å²) in [5, 5.41) is 2.36. The molecule has 1 aliphatic carbocycles. The molecule has 1 aromatic heterocycles. The molecule has 5 rings (SSSR count). The van der Waals surface area contributed by atoms with Crippen LogP contribution >= 0.6 is 47.2 Å². The van der Waals surface area contributed by atoms with Gasteiger partial charge in [-0.1, -0.05) is 90.7 Å². The summed E-state index contributed by atoms with van der Waals surface area (Å²) in [6.45, 7) is 0.618. The van der Waals surface area contributed by atoms with Crippen molar-refractivity contribution in [1.29, 1.82) is 0 Å². The van der Waals surface area contributed by atoms with Gasteiger partial charge in [0.1, 0.15) is 4.32 Å². The van der Waals surface area contributed by atoms with E-state index in [0.717, 1.165) is 34.9 Å². The van der Waals surface area contributed by atoms with Crippen LogP contribution in [-0.2, 0) is 11.3 Å². The number of hydrogen-bond donors (Lipinski definition) is 0. The fraction of sp³-hybridized carbons (Fsp3) is 0.280. The Morgan fingerprint density at radius 3 is 2.66 bits per heavy atom. The second-order valence-electron chi connectivity index (χ2n) is 8.31. The largest absolute Gasteiger partial charge is 0.342 e. The van der Waals surface area contributed by atoms with E-state index in [0.29, 0.717) is 25.8 Å². The van der Waals surface area contributed by atoms with Gasteiger partial charge in [0.15, 0.2) is 0 Å². The molecule has 2 heterocycles. The summed E-state index contributed by atoms with van der Waals surface area (Å²) in [5.41, 5.74) is 3.09. The fourth-order valence-corrected chi connectivity index (χ4v) is 6.49. The van der Waals surface area contributed by atoms with Gasteiger partial charge < -0.3 is 4.57 Å². The maximum Gasteiger partial charge on any atom is 0.266 e. The van der Waals surface area contributed by atoms with Crippen molar-refractivity contribution in [2.75, 3.05) is 0 Å². The minimum Gasteiger partial charge on any atom is -0.342 e. The highest BCUT2D eigenvalue weighted by molar-refractivity contribution is 8.26. The molecule has 32 heavy (non-hydrogen) atoms. The van der Waals surface area contributed by atoms with Gasteiger partial charge in [-0.15, -0.1) is 0 Å². The first-order valence-corrected chi connectivity index (χ1v) is 12.8. The lowest BCUT2D eigenvalue weighted by molar-refractivity contribution is -0.124. The molecular formula is C25H22Cl2N2OS2. The van der Waals surface area contributed by atoms with Gasteiger partial charge in [0.05, 0.1) is 4.91 Å². The molecule has 1 aliphatic heterocycles. The third kappa shape index (κ3) is 4.24. The molecule has 3 aromatic rings. The van der Waals surface area contributed by atoms with E-state index >= 15 is 0 Å². The third-order valence-electron chi connectivity index (χ3n) is 6.23. The van der Waals surface area contributed by atoms with E-state index in [2.05, 4.69) is 22.9 Å². The maximum absolute atomic E-state index is 13.2. The average Bonchev–Trinajstić information content (AvgIpc) is 3.27. The lowest BCUT2D eigenvalue weighted by atomic mass is 9.94. The fourth-order valence-electron chi connectivity index (χ4n) is 4.63. The van der Waals surface area contributed by atoms with Crippen molar-refractivity contribution in [1.82, 2.24) is 9.47 Å². The van der Waals surface area contributed by atoms with Crippen LogP contribution < -0.4 is 0 Å². The molecule has 0 atom stereocenters. The minimum absolute atomic E-state index is 0.0458. The summed E-state index contributed by atoms with van der Waals surface area (Å²) in [6, 6.07) is 14.0. The molecule has 0 unspecified atom stereocenters. The summed E-state index contributed by atoms with van der Waals surface area (Å²) in [4.78, 5) is 15.8. The van der Waals surface area contributed by atoms with E-state index in [1.54, 1.807) is 6.07 Å². The first-order valence-electron chi connectivity index (χ1n) is 10.8. The molecule has 0 bridgehead atoms. The Balaban J connectivity index is 1.49. The van der Waals surface area contributed by atoms with Crippen LogP contribution in [0, 0.1) is 0 Å². The number of benzene rings is 2. The number of para-hydroxylation sites is 1. The molecular weight excluding hydrogens is 479 g/mol. The smallest absolute Gasteiger partial charge is 0.266 e. The van der Waals surface area contributed by atoms with Gasteiger partial charge in [-0.3, -0.25) is 9.69 Å². The zero-order valence-electron chi connectivity index (χ0n) is 17.4. The predicted molar refractivity (Wildman–Crippen MR) is 139 cm³/mol. The number of amides is 1. The standard InChI is InChI=1S/C25H22Cl2N2OS2/c26-18-11-10-16(21(27)13-18)14-28-15-17(20-8-4-5-9-22(20)28)12-23-24(30)29(25(31)32-23)19-6-2-1-3-7-19/h4-5,8-13,15,19H,1-3,6-7,14H2/b23-12+. The summed E-state index contributed by atoms with van der Waals surface area (Å²) < 4.78 is 2.85. The second kappa shape index (κ2) is 9.22. The number of halogens is 2. The molecule has 0 spiro atoms. The van der Waals surface area contributed by atoms with Gasteiger partial charge in [0.25, 0.3) is 5.91 Å². The molecule has 2 fully saturated rings. The van der Waals surface area contributed by atoms with E-state index in [9.17, 15) is 4.79 Å². The van der Waals surface area contributed by atoms with Crippen LogP contribution in [-0.4, -0.2) is 25.7 Å². The highest BCUT2D eigenvalue weighted by Crippen LogP contribution is 2.38. The number of hydrogen-bond acceptors (Lipinski definition) is 3. The predicted octanol–water partition coefficient (Wildman–Crippen LogP) is 7.53. The Morgan fingerprint density at radius 1 is 1.09 bits per heavy atom. The first-order chi connectivity index (χ1) is 15.5. The van der Waals surface area contributed by atoms with Crippen LogP contribution in [0.15, 0.2) is 53.6 Å². The van der Waals surface area contributed by atoms with E-state index in [1.165, 1.54) is 31.0 Å². The van der Waals surface area contributed by atoms with Gasteiger partial charge in [-0.05, 0) is 42.7 Å². The Kier molecular flexibility index (Phi) is 6.35. The maximum atomic E-state index is 13.2. The van der Waals surface area contributed by atoms with Gasteiger partial charge in [0, 0.05) is 45.3 Å². The van der Waals surface area contributed by atoms with Crippen LogP contribution in [0.5, 0.6) is 0 Å². The number of carbonyl (C=O) groups is 1. The van der Waals surface area contributed by atoms with E-state index in [1.807, 2.05) is 35.2 Å². The molecule has 1 amide bonds. The van der Waals surface area contributed by atoms with Gasteiger partial charge in [-0.25, -0.2) is 0 Å². The first kappa shape index (κ1) is 22.0. The quantitative estimate of drug-likeness (QED) is 0.273. The Labute approximate surface area is 207 Å². The normalized spacial score (nSPS) is 18.9. The highest BCUT2D eigenvalue weighted by Gasteiger charge is 2.37. The highest BCUT2D eigenvalue weighted by atomic mass is 35.5. The van der Waals surface area contributed by atoms with Crippen molar-refractivity contribution in [2.45, 2.75) is 44.7 Å². The lowest BCUT2D eigenvalue weighted by Crippen LogP contribution is -2.39. The Hall–Kier alpha value is -1.79. The summed E-state index contributed by atoms with van der Waals surface area (Å²) in [7, 11) is 0. The van der Waals surface area contributed by atoms with Crippen molar-refractivity contribution >= 4 is 74.4 Å². The van der Waals surface area contributed by atoms with Crippen LogP contribution in [0.25, 0.3) is 17.0 Å². The van der Waals surface area contributed by atoms with Crippen LogP contribution in [0.3, 0.4) is 0 Å². The van der Waals surface area contributed by atoms with Crippen LogP contribution in [0.4, 0.5) is 0 Å². The topological polar surface area (TPSA) is 25.2 Å². The number of thiocarbonyl (C=S) groups is 1. The van der Waals surface area contributed by atoms with E-state index in [4.69, 9.17) is 35.4 Å². The molecule has 1 saturated heterocycles. The number of thioether (sulfide) groups is 1. The number of aromatic nitrogens is 1. The van der Waals surface area contributed by atoms with Crippen molar-refractivity contribution < 1.29 is 4.79 Å². The summed E-state index contributed by atoms with van der Waals surface area (Å²) in [6.07, 6.45) is 9.75. The molecule has 3 nitrogen and oxygen atoms in total. The lowest BCUT2D eigenvalue weighted by Gasteiger charge is -2.29. The monoisotopic (exact) mass is 500 g/mol. The third-order valence-corrected chi connectivity index (χ3v) is 8.14. The molecule has 2 aliphatic rings. The zero-order chi connectivity index (χ0) is 22.2. The number of fused-ring (bicyclic) bond motifs is 1. The van der Waals surface area contributed by atoms with E-state index < -0.39 is 0 Å². The molecule has 1 saturated carbocycles. The van der Waals surface area contributed by atoms with E-state index in [-0.39, 0.29) is 11.9 Å². The number of rotatable bonds is 4. The Morgan fingerprint density at radius 2 is 1.88 bits per heavy atom. The molecule has 2 aromatic carbocycles. The average molecular weight is 502 g/mol. The van der Waals surface area contributed by atoms with Crippen LogP contribution in [0.1, 0.15) is 43.2 Å². The Bertz CT molecular complexity index is 1240. The summed E-state index contributed by atoms with van der Waals surface area (Å²) in [5.74, 6) is 0.0458. The molecule has 0 N–H and O–H groups in total. The minimum atomic E-state index is 0.0458. The van der Waals surface area contributed by atoms with Crippen molar-refractivity contribution in [3.63, 3.8) is 0 Å². The molecule has 164 valence electrons. The molecule has 7 heteroatoms. The van der Waals surface area contributed by atoms with Gasteiger partial charge >= 0.3 is 0 Å². The second-order valence-corrected chi connectivity index (χ2v) is 10.8. The van der Waals surface area contributed by atoms with Crippen molar-refractivity contribution in [3.05, 3.63) is 74.7 Å². The SMILES string of the molecule is O=C1/C(=C\c2cn(Cc3ccc(Cl)cc3Cl)c3ccccc23)SC(=S)N1C1CCCCC1. The molecule has 0 radical (unpaired) electrons. The summed E-state index contributed by atoms with van der Waals surface area (Å²) >= 11 is 19.5.